The van der Waals surface area contributed by atoms with E-state index in [0.717, 1.165) is 22.8 Å². The van der Waals surface area contributed by atoms with E-state index in [9.17, 15) is 13.2 Å². The van der Waals surface area contributed by atoms with Crippen molar-refractivity contribution in [3.05, 3.63) is 71.5 Å². The first-order valence-electron chi connectivity index (χ1n) is 10.3. The molecule has 3 aromatic rings. The van der Waals surface area contributed by atoms with Gasteiger partial charge in [0, 0.05) is 31.7 Å². The molecule has 8 heteroatoms. The first-order valence-corrected chi connectivity index (χ1v) is 11.7. The normalized spacial score (nSPS) is 15.3. The number of carbonyl (C=O) groups excluding carboxylic acids is 1. The van der Waals surface area contributed by atoms with Crippen LogP contribution in [0.5, 0.6) is 0 Å². The van der Waals surface area contributed by atoms with Crippen molar-refractivity contribution < 1.29 is 13.2 Å². The van der Waals surface area contributed by atoms with Crippen LogP contribution in [0, 0.1) is 13.8 Å². The average Bonchev–Trinajstić information content (AvgIpc) is 3.08. The molecular formula is C23H26N4O3S. The second-order valence-corrected chi connectivity index (χ2v) is 9.68. The summed E-state index contributed by atoms with van der Waals surface area (Å²) in [5.41, 5.74) is 4.54. The molecule has 0 N–H and O–H groups in total. The number of anilines is 1. The summed E-state index contributed by atoms with van der Waals surface area (Å²) >= 11 is 0. The number of aromatic nitrogens is 2. The van der Waals surface area contributed by atoms with E-state index in [1.807, 2.05) is 48.9 Å². The van der Waals surface area contributed by atoms with Crippen molar-refractivity contribution in [2.75, 3.05) is 31.1 Å². The molecule has 2 heterocycles. The van der Waals surface area contributed by atoms with Gasteiger partial charge in [-0.2, -0.15) is 9.40 Å². The SMILES string of the molecule is CC(=O)c1ccc(S(=O)(=O)N2CCN(c3c(C)nn(-c4ccccc4)c3C)CC2)cc1. The molecule has 0 amide bonds. The predicted molar refractivity (Wildman–Crippen MR) is 120 cm³/mol. The Balaban J connectivity index is 1.51. The maximum Gasteiger partial charge on any atom is 0.243 e. The Kier molecular flexibility index (Phi) is 5.68. The highest BCUT2D eigenvalue weighted by molar-refractivity contribution is 7.89. The Morgan fingerprint density at radius 1 is 0.903 bits per heavy atom. The van der Waals surface area contributed by atoms with Crippen LogP contribution in [0.2, 0.25) is 0 Å². The van der Waals surface area contributed by atoms with Crippen molar-refractivity contribution in [3.63, 3.8) is 0 Å². The minimum absolute atomic E-state index is 0.0839. The topological polar surface area (TPSA) is 75.5 Å². The Morgan fingerprint density at radius 2 is 1.52 bits per heavy atom. The standard InChI is InChI=1S/C23H26N4O3S/c1-17-23(18(2)27(24-17)21-7-5-4-6-8-21)25-13-15-26(16-14-25)31(29,30)22-11-9-20(10-12-22)19(3)28/h4-12H,13-16H2,1-3H3. The molecule has 0 saturated carbocycles. The lowest BCUT2D eigenvalue weighted by molar-refractivity contribution is 0.101. The van der Waals surface area contributed by atoms with Crippen LogP contribution in [0.1, 0.15) is 28.7 Å². The molecule has 7 nitrogen and oxygen atoms in total. The number of aryl methyl sites for hydroxylation is 1. The maximum atomic E-state index is 13.0. The van der Waals surface area contributed by atoms with Crippen LogP contribution in [0.25, 0.3) is 5.69 Å². The highest BCUT2D eigenvalue weighted by atomic mass is 32.2. The molecule has 162 valence electrons. The Hall–Kier alpha value is -2.97. The molecule has 1 aromatic heterocycles. The Morgan fingerprint density at radius 3 is 2.10 bits per heavy atom. The Labute approximate surface area is 183 Å². The number of piperazine rings is 1. The van der Waals surface area contributed by atoms with Gasteiger partial charge in [-0.3, -0.25) is 4.79 Å². The number of ketones is 1. The zero-order valence-electron chi connectivity index (χ0n) is 17.9. The minimum Gasteiger partial charge on any atom is -0.366 e. The second-order valence-electron chi connectivity index (χ2n) is 7.74. The number of para-hydroxylation sites is 1. The third-order valence-electron chi connectivity index (χ3n) is 5.71. The van der Waals surface area contributed by atoms with Crippen LogP contribution in [-0.4, -0.2) is 54.5 Å². The highest BCUT2D eigenvalue weighted by Gasteiger charge is 2.30. The number of hydrogen-bond acceptors (Lipinski definition) is 5. The van der Waals surface area contributed by atoms with Crippen LogP contribution in [-0.2, 0) is 10.0 Å². The van der Waals surface area contributed by atoms with E-state index in [-0.39, 0.29) is 10.7 Å². The number of nitrogens with zero attached hydrogens (tertiary/aromatic N) is 4. The number of rotatable bonds is 5. The molecule has 1 aliphatic rings. The fraction of sp³-hybridized carbons (Fsp3) is 0.304. The van der Waals surface area contributed by atoms with Gasteiger partial charge in [0.15, 0.2) is 5.78 Å². The van der Waals surface area contributed by atoms with Gasteiger partial charge in [-0.05, 0) is 45.0 Å². The largest absolute Gasteiger partial charge is 0.366 e. The van der Waals surface area contributed by atoms with Gasteiger partial charge in [0.25, 0.3) is 0 Å². The molecule has 0 unspecified atom stereocenters. The third kappa shape index (κ3) is 4.00. The molecule has 1 saturated heterocycles. The van der Waals surface area contributed by atoms with Crippen LogP contribution < -0.4 is 4.90 Å². The average molecular weight is 439 g/mol. The van der Waals surface area contributed by atoms with Gasteiger partial charge >= 0.3 is 0 Å². The molecule has 31 heavy (non-hydrogen) atoms. The summed E-state index contributed by atoms with van der Waals surface area (Å²) in [7, 11) is -3.59. The molecule has 4 rings (SSSR count). The van der Waals surface area contributed by atoms with Crippen molar-refractivity contribution >= 4 is 21.5 Å². The summed E-state index contributed by atoms with van der Waals surface area (Å²) in [6, 6.07) is 16.1. The van der Waals surface area contributed by atoms with E-state index in [0.29, 0.717) is 31.7 Å². The molecule has 2 aromatic carbocycles. The van der Waals surface area contributed by atoms with Crippen molar-refractivity contribution in [1.82, 2.24) is 14.1 Å². The number of Topliss-reactive ketones (excluding diaryl/α,β-unsaturated/α-hetero) is 1. The fourth-order valence-corrected chi connectivity index (χ4v) is 5.50. The zero-order valence-corrected chi connectivity index (χ0v) is 18.8. The molecule has 0 spiro atoms. The summed E-state index contributed by atoms with van der Waals surface area (Å²) < 4.78 is 29.5. The van der Waals surface area contributed by atoms with Crippen molar-refractivity contribution in [1.29, 1.82) is 0 Å². The fourth-order valence-electron chi connectivity index (χ4n) is 4.08. The monoisotopic (exact) mass is 438 g/mol. The lowest BCUT2D eigenvalue weighted by atomic mass is 10.2. The lowest BCUT2D eigenvalue weighted by Crippen LogP contribution is -2.49. The summed E-state index contributed by atoms with van der Waals surface area (Å²) in [6.07, 6.45) is 0. The summed E-state index contributed by atoms with van der Waals surface area (Å²) in [4.78, 5) is 13.9. The van der Waals surface area contributed by atoms with Crippen molar-refractivity contribution in [2.24, 2.45) is 0 Å². The lowest BCUT2D eigenvalue weighted by Gasteiger charge is -2.35. The molecule has 0 aliphatic carbocycles. The molecule has 1 fully saturated rings. The van der Waals surface area contributed by atoms with E-state index in [1.165, 1.54) is 23.4 Å². The minimum atomic E-state index is -3.59. The second kappa shape index (κ2) is 8.28. The third-order valence-corrected chi connectivity index (χ3v) is 7.62. The summed E-state index contributed by atoms with van der Waals surface area (Å²) in [5.74, 6) is -0.0839. The number of sulfonamides is 1. The predicted octanol–water partition coefficient (Wildman–Crippen LogP) is 3.20. The quantitative estimate of drug-likeness (QED) is 0.572. The molecule has 0 atom stereocenters. The van der Waals surface area contributed by atoms with E-state index >= 15 is 0 Å². The smallest absolute Gasteiger partial charge is 0.243 e. The summed E-state index contributed by atoms with van der Waals surface area (Å²) in [6.45, 7) is 7.47. The maximum absolute atomic E-state index is 13.0. The van der Waals surface area contributed by atoms with Crippen molar-refractivity contribution in [2.45, 2.75) is 25.7 Å². The zero-order chi connectivity index (χ0) is 22.2. The van der Waals surface area contributed by atoms with E-state index in [4.69, 9.17) is 5.10 Å². The van der Waals surface area contributed by atoms with Crippen molar-refractivity contribution in [3.8, 4) is 5.69 Å². The highest BCUT2D eigenvalue weighted by Crippen LogP contribution is 2.28. The van der Waals surface area contributed by atoms with Gasteiger partial charge in [0.2, 0.25) is 10.0 Å². The van der Waals surface area contributed by atoms with Crippen LogP contribution in [0.4, 0.5) is 5.69 Å². The van der Waals surface area contributed by atoms with E-state index < -0.39 is 10.0 Å². The molecule has 0 bridgehead atoms. The first-order chi connectivity index (χ1) is 14.8. The van der Waals surface area contributed by atoms with Gasteiger partial charge < -0.3 is 4.90 Å². The van der Waals surface area contributed by atoms with Gasteiger partial charge in [-0.25, -0.2) is 13.1 Å². The number of benzene rings is 2. The first kappa shape index (κ1) is 21.3. The van der Waals surface area contributed by atoms with Gasteiger partial charge in [-0.15, -0.1) is 0 Å². The van der Waals surface area contributed by atoms with Gasteiger partial charge in [0.1, 0.15) is 0 Å². The van der Waals surface area contributed by atoms with Gasteiger partial charge in [-0.1, -0.05) is 30.3 Å². The summed E-state index contributed by atoms with van der Waals surface area (Å²) in [5, 5.41) is 4.71. The van der Waals surface area contributed by atoms with Gasteiger partial charge in [0.05, 0.1) is 27.7 Å². The van der Waals surface area contributed by atoms with Crippen LogP contribution >= 0.6 is 0 Å². The van der Waals surface area contributed by atoms with E-state index in [2.05, 4.69) is 4.90 Å². The molecule has 1 aliphatic heterocycles. The van der Waals surface area contributed by atoms with Crippen LogP contribution in [0.3, 0.4) is 0 Å². The molecule has 0 radical (unpaired) electrons. The van der Waals surface area contributed by atoms with Crippen LogP contribution in [0.15, 0.2) is 59.5 Å². The number of carbonyl (C=O) groups is 1. The molecular weight excluding hydrogens is 412 g/mol. The van der Waals surface area contributed by atoms with E-state index in [1.54, 1.807) is 12.1 Å². The number of hydrogen-bond donors (Lipinski definition) is 0. The Bertz CT molecular complexity index is 1190.